The molecular weight excluding hydrogens is 272 g/mol. The summed E-state index contributed by atoms with van der Waals surface area (Å²) < 4.78 is 0.749. The van der Waals surface area contributed by atoms with E-state index in [2.05, 4.69) is 30.8 Å². The molecule has 1 amide bonds. The maximum absolute atomic E-state index is 11.2. The Hall–Kier alpha value is -1.17. The number of nitrogens with zero attached hydrogens (tertiary/aromatic N) is 3. The third-order valence-corrected chi connectivity index (χ3v) is 3.20. The van der Waals surface area contributed by atoms with Crippen LogP contribution in [-0.4, -0.2) is 29.0 Å². The van der Waals surface area contributed by atoms with E-state index in [0.29, 0.717) is 6.54 Å². The van der Waals surface area contributed by atoms with E-state index in [1.165, 1.54) is 6.33 Å². The zero-order valence-corrected chi connectivity index (χ0v) is 10.4. The van der Waals surface area contributed by atoms with Gasteiger partial charge in [0.15, 0.2) is 0 Å². The van der Waals surface area contributed by atoms with Crippen LogP contribution in [0.5, 0.6) is 0 Å². The lowest BCUT2D eigenvalue weighted by Gasteiger charge is -2.31. The Morgan fingerprint density at radius 3 is 3.06 bits per heavy atom. The number of aromatic nitrogens is 2. The first-order chi connectivity index (χ1) is 7.66. The van der Waals surface area contributed by atoms with Crippen molar-refractivity contribution in [3.05, 3.63) is 17.0 Å². The van der Waals surface area contributed by atoms with Gasteiger partial charge in [0.2, 0.25) is 5.91 Å². The van der Waals surface area contributed by atoms with Gasteiger partial charge in [0.25, 0.3) is 0 Å². The van der Waals surface area contributed by atoms with Crippen molar-refractivity contribution in [3.63, 3.8) is 0 Å². The van der Waals surface area contributed by atoms with Gasteiger partial charge in [-0.2, -0.15) is 0 Å². The Bertz CT molecular complexity index is 398. The summed E-state index contributed by atoms with van der Waals surface area (Å²) in [6.07, 6.45) is 3.35. The number of carbonyl (C=O) groups excluding carboxylic acids is 1. The smallest absolute Gasteiger partial charge is 0.222 e. The summed E-state index contributed by atoms with van der Waals surface area (Å²) in [5, 5.41) is 0. The van der Waals surface area contributed by atoms with Crippen molar-refractivity contribution >= 4 is 27.7 Å². The van der Waals surface area contributed by atoms with E-state index >= 15 is 0 Å². The predicted molar refractivity (Wildman–Crippen MR) is 63.9 cm³/mol. The highest BCUT2D eigenvalue weighted by Crippen LogP contribution is 2.22. The molecule has 2 heterocycles. The molecule has 0 spiro atoms. The summed E-state index contributed by atoms with van der Waals surface area (Å²) in [5.74, 6) is 0.549. The van der Waals surface area contributed by atoms with Crippen LogP contribution >= 0.6 is 15.9 Å². The number of anilines is 1. The van der Waals surface area contributed by atoms with Crippen LogP contribution in [0.2, 0.25) is 0 Å². The Labute approximate surface area is 102 Å². The van der Waals surface area contributed by atoms with Crippen molar-refractivity contribution in [2.24, 2.45) is 11.7 Å². The number of hydrogen-bond donors (Lipinski definition) is 1. The van der Waals surface area contributed by atoms with E-state index in [1.54, 1.807) is 0 Å². The third kappa shape index (κ3) is 2.49. The number of rotatable bonds is 2. The van der Waals surface area contributed by atoms with Crippen molar-refractivity contribution in [3.8, 4) is 0 Å². The molecule has 1 atom stereocenters. The van der Waals surface area contributed by atoms with Crippen molar-refractivity contribution < 1.29 is 4.79 Å². The normalized spacial score (nSPS) is 20.8. The van der Waals surface area contributed by atoms with Gasteiger partial charge < -0.3 is 10.6 Å². The molecule has 16 heavy (non-hydrogen) atoms. The minimum Gasteiger partial charge on any atom is -0.369 e. The number of hydrogen-bond acceptors (Lipinski definition) is 4. The molecule has 0 aromatic carbocycles. The average molecular weight is 285 g/mol. The maximum Gasteiger partial charge on any atom is 0.222 e. The van der Waals surface area contributed by atoms with Gasteiger partial charge in [-0.3, -0.25) is 4.79 Å². The first kappa shape index (κ1) is 11.3. The predicted octanol–water partition coefficient (Wildman–Crippen LogP) is 0.941. The molecule has 1 saturated heterocycles. The molecule has 5 nitrogen and oxygen atoms in total. The van der Waals surface area contributed by atoms with E-state index in [-0.39, 0.29) is 11.8 Å². The standard InChI is InChI=1S/C10H13BrN4O/c11-8-4-9(14-6-13-8)15-3-1-2-7(5-15)10(12)16/h4,6-7H,1-3,5H2,(H2,12,16). The largest absolute Gasteiger partial charge is 0.369 e. The fourth-order valence-corrected chi connectivity index (χ4v) is 2.21. The van der Waals surface area contributed by atoms with Gasteiger partial charge in [0, 0.05) is 19.2 Å². The Morgan fingerprint density at radius 1 is 1.56 bits per heavy atom. The fraction of sp³-hybridized carbons (Fsp3) is 0.500. The first-order valence-electron chi connectivity index (χ1n) is 5.18. The molecule has 2 N–H and O–H groups in total. The molecule has 1 aromatic heterocycles. The topological polar surface area (TPSA) is 72.1 Å². The van der Waals surface area contributed by atoms with Crippen molar-refractivity contribution in [2.45, 2.75) is 12.8 Å². The molecule has 1 fully saturated rings. The molecule has 2 rings (SSSR count). The minimum absolute atomic E-state index is 0.0671. The third-order valence-electron chi connectivity index (χ3n) is 2.77. The van der Waals surface area contributed by atoms with Crippen molar-refractivity contribution in [2.75, 3.05) is 18.0 Å². The van der Waals surface area contributed by atoms with Gasteiger partial charge in [0.1, 0.15) is 16.7 Å². The highest BCUT2D eigenvalue weighted by molar-refractivity contribution is 9.10. The van der Waals surface area contributed by atoms with Crippen molar-refractivity contribution in [1.82, 2.24) is 9.97 Å². The summed E-state index contributed by atoms with van der Waals surface area (Å²) in [6, 6.07) is 1.85. The van der Waals surface area contributed by atoms with E-state index in [0.717, 1.165) is 29.8 Å². The summed E-state index contributed by atoms with van der Waals surface area (Å²) in [5.41, 5.74) is 5.33. The molecule has 0 saturated carbocycles. The molecule has 86 valence electrons. The van der Waals surface area contributed by atoms with Crippen LogP contribution in [-0.2, 0) is 4.79 Å². The van der Waals surface area contributed by atoms with Crippen LogP contribution in [0.4, 0.5) is 5.82 Å². The summed E-state index contributed by atoms with van der Waals surface area (Å²) >= 11 is 3.30. The van der Waals surface area contributed by atoms with Crippen LogP contribution in [0.1, 0.15) is 12.8 Å². The Kier molecular flexibility index (Phi) is 3.38. The molecule has 0 radical (unpaired) electrons. The van der Waals surface area contributed by atoms with Gasteiger partial charge in [-0.05, 0) is 28.8 Å². The second kappa shape index (κ2) is 4.78. The van der Waals surface area contributed by atoms with Crippen LogP contribution in [0.3, 0.4) is 0 Å². The maximum atomic E-state index is 11.2. The molecule has 1 unspecified atom stereocenters. The summed E-state index contributed by atoms with van der Waals surface area (Å²) in [7, 11) is 0. The number of primary amides is 1. The van der Waals surface area contributed by atoms with Gasteiger partial charge in [0.05, 0.1) is 5.92 Å². The van der Waals surface area contributed by atoms with E-state index in [4.69, 9.17) is 5.73 Å². The van der Waals surface area contributed by atoms with Crippen LogP contribution in [0.25, 0.3) is 0 Å². The lowest BCUT2D eigenvalue weighted by Crippen LogP contribution is -2.41. The number of halogens is 1. The lowest BCUT2D eigenvalue weighted by molar-refractivity contribution is -0.122. The van der Waals surface area contributed by atoms with Gasteiger partial charge in [-0.25, -0.2) is 9.97 Å². The summed E-state index contributed by atoms with van der Waals surface area (Å²) in [4.78, 5) is 21.4. The van der Waals surface area contributed by atoms with Crippen LogP contribution in [0, 0.1) is 5.92 Å². The minimum atomic E-state index is -0.224. The zero-order valence-electron chi connectivity index (χ0n) is 8.77. The van der Waals surface area contributed by atoms with E-state index in [9.17, 15) is 4.79 Å². The first-order valence-corrected chi connectivity index (χ1v) is 5.98. The van der Waals surface area contributed by atoms with Gasteiger partial charge >= 0.3 is 0 Å². The highest BCUT2D eigenvalue weighted by Gasteiger charge is 2.24. The molecule has 1 aliphatic heterocycles. The van der Waals surface area contributed by atoms with Crippen LogP contribution < -0.4 is 10.6 Å². The molecule has 0 aliphatic carbocycles. The van der Waals surface area contributed by atoms with E-state index in [1.807, 2.05) is 6.07 Å². The molecule has 1 aromatic rings. The quantitative estimate of drug-likeness (QED) is 0.821. The molecule has 6 heteroatoms. The lowest BCUT2D eigenvalue weighted by atomic mass is 9.97. The molecular formula is C10H13BrN4O. The zero-order chi connectivity index (χ0) is 11.5. The number of carbonyl (C=O) groups is 1. The van der Waals surface area contributed by atoms with Gasteiger partial charge in [-0.15, -0.1) is 0 Å². The van der Waals surface area contributed by atoms with E-state index < -0.39 is 0 Å². The monoisotopic (exact) mass is 284 g/mol. The van der Waals surface area contributed by atoms with Crippen LogP contribution in [0.15, 0.2) is 17.0 Å². The number of amides is 1. The van der Waals surface area contributed by atoms with Crippen molar-refractivity contribution in [1.29, 1.82) is 0 Å². The number of piperidine rings is 1. The second-order valence-electron chi connectivity index (χ2n) is 3.89. The molecule has 1 aliphatic rings. The highest BCUT2D eigenvalue weighted by atomic mass is 79.9. The fourth-order valence-electron chi connectivity index (χ4n) is 1.91. The Morgan fingerprint density at radius 2 is 2.38 bits per heavy atom. The average Bonchev–Trinajstić information content (AvgIpc) is 2.29. The number of nitrogens with two attached hydrogens (primary N) is 1. The molecule has 0 bridgehead atoms. The summed E-state index contributed by atoms with van der Waals surface area (Å²) in [6.45, 7) is 1.56. The second-order valence-corrected chi connectivity index (χ2v) is 4.70. The Balaban J connectivity index is 2.12. The SMILES string of the molecule is NC(=O)C1CCCN(c2cc(Br)ncn2)C1. The van der Waals surface area contributed by atoms with Gasteiger partial charge in [-0.1, -0.05) is 0 Å².